The highest BCUT2D eigenvalue weighted by Crippen LogP contribution is 2.31. The molecule has 0 saturated heterocycles. The molecular weight excluding hydrogens is 399 g/mol. The third-order valence-electron chi connectivity index (χ3n) is 4.46. The van der Waals surface area contributed by atoms with Crippen LogP contribution in [0.2, 0.25) is 0 Å². The second kappa shape index (κ2) is 6.00. The number of hydrogen-bond donors (Lipinski definition) is 2. The van der Waals surface area contributed by atoms with E-state index in [0.717, 1.165) is 33.2 Å². The van der Waals surface area contributed by atoms with Crippen LogP contribution in [0.25, 0.3) is 10.9 Å². The molecule has 0 unspecified atom stereocenters. The van der Waals surface area contributed by atoms with Crippen LogP contribution in [0.4, 0.5) is 5.69 Å². The van der Waals surface area contributed by atoms with E-state index < -0.39 is 0 Å². The SMILES string of the molecule is O=C(Nc1cccc(I)c1)c1cccc2c3c([nH]c12)CCCC3. The summed E-state index contributed by atoms with van der Waals surface area (Å²) in [5.41, 5.74) is 5.23. The van der Waals surface area contributed by atoms with Gasteiger partial charge in [0.2, 0.25) is 0 Å². The number of hydrogen-bond acceptors (Lipinski definition) is 1. The summed E-state index contributed by atoms with van der Waals surface area (Å²) in [6, 6.07) is 13.8. The summed E-state index contributed by atoms with van der Waals surface area (Å²) in [6.07, 6.45) is 4.65. The molecule has 3 aromatic rings. The van der Waals surface area contributed by atoms with Crippen molar-refractivity contribution in [1.82, 2.24) is 4.98 Å². The Bertz CT molecular complexity index is 898. The van der Waals surface area contributed by atoms with Crippen molar-refractivity contribution in [3.05, 3.63) is 62.9 Å². The predicted molar refractivity (Wildman–Crippen MR) is 102 cm³/mol. The highest BCUT2D eigenvalue weighted by molar-refractivity contribution is 14.1. The topological polar surface area (TPSA) is 44.9 Å². The first-order valence-corrected chi connectivity index (χ1v) is 8.99. The Morgan fingerprint density at radius 1 is 1.09 bits per heavy atom. The molecule has 2 aromatic carbocycles. The third kappa shape index (κ3) is 2.76. The van der Waals surface area contributed by atoms with Gasteiger partial charge in [-0.05, 0) is 78.1 Å². The number of para-hydroxylation sites is 1. The first-order chi connectivity index (χ1) is 11.2. The summed E-state index contributed by atoms with van der Waals surface area (Å²) in [7, 11) is 0. The van der Waals surface area contributed by atoms with E-state index in [9.17, 15) is 4.79 Å². The number of H-pyrrole nitrogens is 1. The molecule has 3 nitrogen and oxygen atoms in total. The maximum absolute atomic E-state index is 12.7. The average molecular weight is 416 g/mol. The molecule has 4 heteroatoms. The lowest BCUT2D eigenvalue weighted by atomic mass is 9.95. The van der Waals surface area contributed by atoms with E-state index in [4.69, 9.17) is 0 Å². The number of amides is 1. The van der Waals surface area contributed by atoms with Crippen molar-refractivity contribution in [2.24, 2.45) is 0 Å². The molecule has 0 atom stereocenters. The minimum absolute atomic E-state index is 0.0591. The fourth-order valence-electron chi connectivity index (χ4n) is 3.38. The summed E-state index contributed by atoms with van der Waals surface area (Å²) in [5, 5.41) is 4.21. The van der Waals surface area contributed by atoms with Crippen LogP contribution in [0.15, 0.2) is 42.5 Å². The van der Waals surface area contributed by atoms with Gasteiger partial charge in [0, 0.05) is 20.3 Å². The van der Waals surface area contributed by atoms with Gasteiger partial charge in [-0.1, -0.05) is 18.2 Å². The number of carbonyl (C=O) groups is 1. The molecule has 0 saturated carbocycles. The van der Waals surface area contributed by atoms with Crippen molar-refractivity contribution in [3.8, 4) is 0 Å². The Morgan fingerprint density at radius 3 is 2.78 bits per heavy atom. The molecule has 0 radical (unpaired) electrons. The van der Waals surface area contributed by atoms with Gasteiger partial charge in [-0.25, -0.2) is 0 Å². The van der Waals surface area contributed by atoms with Crippen LogP contribution in [0.5, 0.6) is 0 Å². The van der Waals surface area contributed by atoms with Crippen LogP contribution in [-0.4, -0.2) is 10.9 Å². The van der Waals surface area contributed by atoms with Gasteiger partial charge < -0.3 is 10.3 Å². The van der Waals surface area contributed by atoms with E-state index in [1.165, 1.54) is 29.5 Å². The van der Waals surface area contributed by atoms with Crippen molar-refractivity contribution in [3.63, 3.8) is 0 Å². The van der Waals surface area contributed by atoms with Gasteiger partial charge in [-0.2, -0.15) is 0 Å². The molecular formula is C19H17IN2O. The number of halogens is 1. The molecule has 116 valence electrons. The van der Waals surface area contributed by atoms with E-state index in [2.05, 4.69) is 39.0 Å². The van der Waals surface area contributed by atoms with E-state index in [-0.39, 0.29) is 5.91 Å². The van der Waals surface area contributed by atoms with E-state index in [0.29, 0.717) is 0 Å². The maximum Gasteiger partial charge on any atom is 0.257 e. The second-order valence-corrected chi connectivity index (χ2v) is 7.23. The molecule has 1 aromatic heterocycles. The first kappa shape index (κ1) is 14.8. The average Bonchev–Trinajstić information content (AvgIpc) is 2.93. The second-order valence-electron chi connectivity index (χ2n) is 5.98. The van der Waals surface area contributed by atoms with Gasteiger partial charge in [0.1, 0.15) is 0 Å². The van der Waals surface area contributed by atoms with Crippen LogP contribution in [0.3, 0.4) is 0 Å². The number of carbonyl (C=O) groups excluding carboxylic acids is 1. The normalized spacial score (nSPS) is 13.8. The van der Waals surface area contributed by atoms with Crippen molar-refractivity contribution in [2.75, 3.05) is 5.32 Å². The zero-order valence-electron chi connectivity index (χ0n) is 12.7. The minimum atomic E-state index is -0.0591. The van der Waals surface area contributed by atoms with Gasteiger partial charge in [0.25, 0.3) is 5.91 Å². The van der Waals surface area contributed by atoms with E-state index >= 15 is 0 Å². The van der Waals surface area contributed by atoms with Crippen LogP contribution >= 0.6 is 22.6 Å². The van der Waals surface area contributed by atoms with Gasteiger partial charge in [-0.15, -0.1) is 0 Å². The summed E-state index contributed by atoms with van der Waals surface area (Å²) >= 11 is 2.25. The van der Waals surface area contributed by atoms with Crippen molar-refractivity contribution in [2.45, 2.75) is 25.7 Å². The number of benzene rings is 2. The van der Waals surface area contributed by atoms with Crippen molar-refractivity contribution in [1.29, 1.82) is 0 Å². The molecule has 0 bridgehead atoms. The van der Waals surface area contributed by atoms with Crippen LogP contribution in [-0.2, 0) is 12.8 Å². The monoisotopic (exact) mass is 416 g/mol. The van der Waals surface area contributed by atoms with Gasteiger partial charge in [-0.3, -0.25) is 4.79 Å². The Hall–Kier alpha value is -1.82. The summed E-state index contributed by atoms with van der Waals surface area (Å²) in [4.78, 5) is 16.2. The fourth-order valence-corrected chi connectivity index (χ4v) is 3.93. The highest BCUT2D eigenvalue weighted by Gasteiger charge is 2.19. The first-order valence-electron chi connectivity index (χ1n) is 7.92. The van der Waals surface area contributed by atoms with E-state index in [1.807, 2.05) is 36.4 Å². The quantitative estimate of drug-likeness (QED) is 0.574. The van der Waals surface area contributed by atoms with Gasteiger partial charge >= 0.3 is 0 Å². The molecule has 1 amide bonds. The molecule has 1 aliphatic rings. The molecule has 0 fully saturated rings. The molecule has 4 rings (SSSR count). The van der Waals surface area contributed by atoms with Crippen LogP contribution < -0.4 is 5.32 Å². The van der Waals surface area contributed by atoms with E-state index in [1.54, 1.807) is 0 Å². The minimum Gasteiger partial charge on any atom is -0.358 e. The Labute approximate surface area is 148 Å². The summed E-state index contributed by atoms with van der Waals surface area (Å²) in [5.74, 6) is -0.0591. The number of rotatable bonds is 2. The van der Waals surface area contributed by atoms with Crippen molar-refractivity contribution >= 4 is 45.1 Å². The fraction of sp³-hybridized carbons (Fsp3) is 0.211. The number of aromatic nitrogens is 1. The summed E-state index contributed by atoms with van der Waals surface area (Å²) in [6.45, 7) is 0. The van der Waals surface area contributed by atoms with Gasteiger partial charge in [0.15, 0.2) is 0 Å². The number of aromatic amines is 1. The van der Waals surface area contributed by atoms with Gasteiger partial charge in [0.05, 0.1) is 11.1 Å². The number of anilines is 1. The largest absolute Gasteiger partial charge is 0.358 e. The lowest BCUT2D eigenvalue weighted by molar-refractivity contribution is 0.102. The third-order valence-corrected chi connectivity index (χ3v) is 5.13. The number of fused-ring (bicyclic) bond motifs is 3. The smallest absolute Gasteiger partial charge is 0.257 e. The molecule has 0 aliphatic heterocycles. The van der Waals surface area contributed by atoms with Crippen LogP contribution in [0.1, 0.15) is 34.5 Å². The zero-order valence-corrected chi connectivity index (χ0v) is 14.8. The Balaban J connectivity index is 1.73. The van der Waals surface area contributed by atoms with Crippen molar-refractivity contribution < 1.29 is 4.79 Å². The molecule has 0 spiro atoms. The number of nitrogens with one attached hydrogen (secondary N) is 2. The number of aryl methyl sites for hydroxylation is 2. The summed E-state index contributed by atoms with van der Waals surface area (Å²) < 4.78 is 1.11. The molecule has 23 heavy (non-hydrogen) atoms. The molecule has 1 heterocycles. The molecule has 2 N–H and O–H groups in total. The lowest BCUT2D eigenvalue weighted by Crippen LogP contribution is -2.12. The predicted octanol–water partition coefficient (Wildman–Crippen LogP) is 4.90. The lowest BCUT2D eigenvalue weighted by Gasteiger charge is -2.10. The zero-order chi connectivity index (χ0) is 15.8. The highest BCUT2D eigenvalue weighted by atomic mass is 127. The molecule has 1 aliphatic carbocycles. The maximum atomic E-state index is 12.7. The Kier molecular flexibility index (Phi) is 3.85. The van der Waals surface area contributed by atoms with Crippen LogP contribution in [0, 0.1) is 3.57 Å². The Morgan fingerprint density at radius 2 is 1.91 bits per heavy atom. The standard InChI is InChI=1S/C19H17IN2O/c20-12-5-3-6-13(11-12)21-19(23)16-9-4-8-15-14-7-1-2-10-17(14)22-18(15)16/h3-6,8-9,11,22H,1-2,7,10H2,(H,21,23).